The molecule has 0 saturated carbocycles. The van der Waals surface area contributed by atoms with E-state index in [-0.39, 0.29) is 0 Å². The maximum Gasteiger partial charge on any atom is 0.204 e. The normalized spacial score (nSPS) is 27.1. The monoisotopic (exact) mass is 219 g/mol. The molecule has 0 aromatic carbocycles. The second-order valence-corrected chi connectivity index (χ2v) is 6.76. The van der Waals surface area contributed by atoms with Crippen LogP contribution in [0.15, 0.2) is 0 Å². The lowest BCUT2D eigenvalue weighted by molar-refractivity contribution is 0.324. The Hall–Kier alpha value is 0.150. The number of nitrogens with one attached hydrogen (secondary N) is 1. The minimum Gasteiger partial charge on any atom is -0.329 e. The summed E-state index contributed by atoms with van der Waals surface area (Å²) in [6.07, 6.45) is 5.04. The predicted octanol–water partition coefficient (Wildman–Crippen LogP) is 2.46. The van der Waals surface area contributed by atoms with Crippen LogP contribution in [0, 0.1) is 0 Å². The lowest BCUT2D eigenvalue weighted by atomic mass is 10.1. The lowest BCUT2D eigenvalue weighted by Crippen LogP contribution is -2.37. The molecule has 14 heavy (non-hydrogen) atoms. The van der Waals surface area contributed by atoms with E-state index in [0.717, 1.165) is 19.1 Å². The molecule has 1 saturated heterocycles. The minimum absolute atomic E-state index is 0.418. The standard InChI is InChI=1S/C10H22NO2P/c1-3-13-14(12,4-2)9-10-7-5-6-8-11-10/h10-11H,3-9H2,1-2H3. The molecule has 0 aromatic rings. The molecule has 0 aromatic heterocycles. The Balaban J connectivity index is 2.41. The quantitative estimate of drug-likeness (QED) is 0.722. The first-order valence-corrected chi connectivity index (χ1v) is 7.65. The molecule has 1 fully saturated rings. The molecule has 2 unspecified atom stereocenters. The van der Waals surface area contributed by atoms with E-state index in [1.165, 1.54) is 12.8 Å². The van der Waals surface area contributed by atoms with Crippen LogP contribution in [-0.4, -0.2) is 31.5 Å². The van der Waals surface area contributed by atoms with Crippen LogP contribution in [0.3, 0.4) is 0 Å². The van der Waals surface area contributed by atoms with Gasteiger partial charge in [0.1, 0.15) is 0 Å². The maximum atomic E-state index is 12.2. The fraction of sp³-hybridized carbons (Fsp3) is 1.00. The highest BCUT2D eigenvalue weighted by molar-refractivity contribution is 7.59. The van der Waals surface area contributed by atoms with Gasteiger partial charge >= 0.3 is 0 Å². The van der Waals surface area contributed by atoms with Crippen LogP contribution in [-0.2, 0) is 9.09 Å². The molecular formula is C10H22NO2P. The molecule has 1 aliphatic heterocycles. The summed E-state index contributed by atoms with van der Waals surface area (Å²) >= 11 is 0. The lowest BCUT2D eigenvalue weighted by Gasteiger charge is -2.27. The van der Waals surface area contributed by atoms with Crippen molar-refractivity contribution in [3.8, 4) is 0 Å². The third-order valence-electron chi connectivity index (χ3n) is 2.76. The van der Waals surface area contributed by atoms with Crippen molar-refractivity contribution >= 4 is 7.37 Å². The number of hydrogen-bond acceptors (Lipinski definition) is 3. The van der Waals surface area contributed by atoms with Crippen LogP contribution < -0.4 is 5.32 Å². The van der Waals surface area contributed by atoms with Gasteiger partial charge in [-0.15, -0.1) is 0 Å². The molecule has 1 heterocycles. The first kappa shape index (κ1) is 12.2. The molecular weight excluding hydrogens is 197 g/mol. The van der Waals surface area contributed by atoms with Crippen molar-refractivity contribution in [2.45, 2.75) is 39.2 Å². The summed E-state index contributed by atoms with van der Waals surface area (Å²) in [5, 5.41) is 3.42. The van der Waals surface area contributed by atoms with Crippen molar-refractivity contribution in [1.29, 1.82) is 0 Å². The molecule has 1 aliphatic rings. The van der Waals surface area contributed by atoms with Crippen LogP contribution in [0.25, 0.3) is 0 Å². The molecule has 0 amide bonds. The Kier molecular flexibility index (Phi) is 5.14. The minimum atomic E-state index is -2.33. The molecule has 0 spiro atoms. The zero-order valence-corrected chi connectivity index (χ0v) is 10.2. The van der Waals surface area contributed by atoms with Crippen molar-refractivity contribution in [3.05, 3.63) is 0 Å². The third kappa shape index (κ3) is 3.72. The summed E-state index contributed by atoms with van der Waals surface area (Å²) in [7, 11) is -2.33. The Labute approximate surface area is 87.1 Å². The van der Waals surface area contributed by atoms with E-state index in [1.54, 1.807) is 0 Å². The Morgan fingerprint density at radius 2 is 2.21 bits per heavy atom. The van der Waals surface area contributed by atoms with E-state index >= 15 is 0 Å². The third-order valence-corrected chi connectivity index (χ3v) is 5.45. The van der Waals surface area contributed by atoms with Crippen LogP contribution in [0.2, 0.25) is 0 Å². The van der Waals surface area contributed by atoms with Crippen LogP contribution in [0.1, 0.15) is 33.1 Å². The summed E-state index contributed by atoms with van der Waals surface area (Å²) in [5.41, 5.74) is 0. The summed E-state index contributed by atoms with van der Waals surface area (Å²) in [4.78, 5) is 0. The van der Waals surface area contributed by atoms with E-state index in [4.69, 9.17) is 4.52 Å². The Morgan fingerprint density at radius 1 is 1.43 bits per heavy atom. The second-order valence-electron chi connectivity index (χ2n) is 3.88. The van der Waals surface area contributed by atoms with Crippen molar-refractivity contribution < 1.29 is 9.09 Å². The molecule has 3 nitrogen and oxygen atoms in total. The fourth-order valence-corrected chi connectivity index (χ4v) is 3.92. The highest BCUT2D eigenvalue weighted by Crippen LogP contribution is 2.47. The topological polar surface area (TPSA) is 38.3 Å². The van der Waals surface area contributed by atoms with E-state index < -0.39 is 7.37 Å². The number of piperidine rings is 1. The van der Waals surface area contributed by atoms with Gasteiger partial charge in [0.25, 0.3) is 0 Å². The largest absolute Gasteiger partial charge is 0.329 e. The molecule has 84 valence electrons. The van der Waals surface area contributed by atoms with Crippen molar-refractivity contribution in [1.82, 2.24) is 5.32 Å². The molecule has 4 heteroatoms. The summed E-state index contributed by atoms with van der Waals surface area (Å²) in [6, 6.07) is 0.418. The van der Waals surface area contributed by atoms with Gasteiger partial charge in [0.15, 0.2) is 0 Å². The summed E-state index contributed by atoms with van der Waals surface area (Å²) < 4.78 is 17.6. The van der Waals surface area contributed by atoms with Gasteiger partial charge < -0.3 is 9.84 Å². The molecule has 2 atom stereocenters. The van der Waals surface area contributed by atoms with Gasteiger partial charge in [-0.05, 0) is 26.3 Å². The van der Waals surface area contributed by atoms with Gasteiger partial charge in [-0.25, -0.2) is 0 Å². The predicted molar refractivity (Wildman–Crippen MR) is 60.3 cm³/mol. The summed E-state index contributed by atoms with van der Waals surface area (Å²) in [5.74, 6) is 0. The van der Waals surface area contributed by atoms with Crippen LogP contribution in [0.5, 0.6) is 0 Å². The van der Waals surface area contributed by atoms with Gasteiger partial charge in [-0.3, -0.25) is 4.57 Å². The van der Waals surface area contributed by atoms with Gasteiger partial charge in [-0.2, -0.15) is 0 Å². The highest BCUT2D eigenvalue weighted by Gasteiger charge is 2.26. The van der Waals surface area contributed by atoms with Crippen molar-refractivity contribution in [3.63, 3.8) is 0 Å². The Bertz CT molecular complexity index is 202. The smallest absolute Gasteiger partial charge is 0.204 e. The average molecular weight is 219 g/mol. The van der Waals surface area contributed by atoms with Gasteiger partial charge in [0, 0.05) is 18.4 Å². The van der Waals surface area contributed by atoms with Crippen LogP contribution >= 0.6 is 7.37 Å². The fourth-order valence-electron chi connectivity index (χ4n) is 1.92. The van der Waals surface area contributed by atoms with Crippen molar-refractivity contribution in [2.24, 2.45) is 0 Å². The highest BCUT2D eigenvalue weighted by atomic mass is 31.2. The SMILES string of the molecule is CCOP(=O)(CC)CC1CCCCN1. The first-order chi connectivity index (χ1) is 6.70. The van der Waals surface area contributed by atoms with Gasteiger partial charge in [0.05, 0.1) is 6.61 Å². The van der Waals surface area contributed by atoms with E-state index in [0.29, 0.717) is 18.8 Å². The van der Waals surface area contributed by atoms with E-state index in [9.17, 15) is 4.57 Å². The molecule has 0 bridgehead atoms. The van der Waals surface area contributed by atoms with Crippen molar-refractivity contribution in [2.75, 3.05) is 25.5 Å². The number of hydrogen-bond donors (Lipinski definition) is 1. The zero-order valence-electron chi connectivity index (χ0n) is 9.29. The molecule has 1 rings (SSSR count). The first-order valence-electron chi connectivity index (χ1n) is 5.66. The molecule has 0 radical (unpaired) electrons. The van der Waals surface area contributed by atoms with Crippen LogP contribution in [0.4, 0.5) is 0 Å². The summed E-state index contributed by atoms with van der Waals surface area (Å²) in [6.45, 7) is 5.51. The maximum absolute atomic E-state index is 12.2. The molecule has 0 aliphatic carbocycles. The van der Waals surface area contributed by atoms with E-state index in [2.05, 4.69) is 5.32 Å². The molecule has 1 N–H and O–H groups in total. The zero-order chi connectivity index (χ0) is 10.4. The van der Waals surface area contributed by atoms with E-state index in [1.807, 2.05) is 13.8 Å². The van der Waals surface area contributed by atoms with Gasteiger partial charge in [-0.1, -0.05) is 13.3 Å². The van der Waals surface area contributed by atoms with Gasteiger partial charge in [0.2, 0.25) is 7.37 Å². The average Bonchev–Trinajstić information content (AvgIpc) is 2.20. The Morgan fingerprint density at radius 3 is 2.71 bits per heavy atom. The second kappa shape index (κ2) is 5.89. The number of rotatable bonds is 5.